The van der Waals surface area contributed by atoms with Gasteiger partial charge in [-0.25, -0.2) is 0 Å². The van der Waals surface area contributed by atoms with Gasteiger partial charge in [-0.3, -0.25) is 10.1 Å². The molecule has 1 aromatic rings. The van der Waals surface area contributed by atoms with Crippen LogP contribution in [0.15, 0.2) is 18.2 Å². The number of nitrogens with one attached hydrogen (secondary N) is 1. The first-order valence-electron chi connectivity index (χ1n) is 8.06. The topological polar surface area (TPSA) is 55.2 Å². The van der Waals surface area contributed by atoms with Gasteiger partial charge in [0.1, 0.15) is 0 Å². The van der Waals surface area contributed by atoms with Crippen LogP contribution in [-0.2, 0) is 6.42 Å². The molecule has 0 aliphatic heterocycles. The summed E-state index contributed by atoms with van der Waals surface area (Å²) in [5.74, 6) is 1.30. The molecule has 1 aromatic carbocycles. The average Bonchev–Trinajstić information content (AvgIpc) is 2.47. The monoisotopic (exact) mass is 290 g/mol. The molecule has 1 aliphatic carbocycles. The highest BCUT2D eigenvalue weighted by molar-refractivity contribution is 5.55. The summed E-state index contributed by atoms with van der Waals surface area (Å²) >= 11 is 0. The molecule has 1 saturated carbocycles. The van der Waals surface area contributed by atoms with Crippen molar-refractivity contribution in [3.63, 3.8) is 0 Å². The molecule has 1 N–H and O–H groups in total. The third-order valence-corrected chi connectivity index (χ3v) is 4.69. The van der Waals surface area contributed by atoms with Gasteiger partial charge < -0.3 is 5.32 Å². The minimum absolute atomic E-state index is 0.236. The fourth-order valence-electron chi connectivity index (χ4n) is 3.47. The van der Waals surface area contributed by atoms with E-state index in [0.717, 1.165) is 17.7 Å². The second kappa shape index (κ2) is 6.92. The Hall–Kier alpha value is -1.58. The Balaban J connectivity index is 2.18. The van der Waals surface area contributed by atoms with Gasteiger partial charge in [-0.2, -0.15) is 0 Å². The molecule has 1 fully saturated rings. The van der Waals surface area contributed by atoms with Crippen LogP contribution in [0.5, 0.6) is 0 Å². The highest BCUT2D eigenvalue weighted by Gasteiger charge is 2.27. The van der Waals surface area contributed by atoms with Crippen molar-refractivity contribution in [2.75, 3.05) is 5.32 Å². The van der Waals surface area contributed by atoms with Gasteiger partial charge in [0.05, 0.1) is 4.92 Å². The summed E-state index contributed by atoms with van der Waals surface area (Å²) in [7, 11) is 0. The first-order chi connectivity index (χ1) is 10.0. The first-order valence-corrected chi connectivity index (χ1v) is 8.06. The highest BCUT2D eigenvalue weighted by atomic mass is 16.6. The van der Waals surface area contributed by atoms with Crippen LogP contribution in [0.4, 0.5) is 11.4 Å². The van der Waals surface area contributed by atoms with Gasteiger partial charge in [0.2, 0.25) is 0 Å². The molecule has 4 heteroatoms. The molecule has 2 atom stereocenters. The maximum atomic E-state index is 11.2. The lowest BCUT2D eigenvalue weighted by Crippen LogP contribution is -2.35. The van der Waals surface area contributed by atoms with Crippen molar-refractivity contribution in [2.24, 2.45) is 11.8 Å². The van der Waals surface area contributed by atoms with Crippen LogP contribution in [0.1, 0.15) is 52.0 Å². The van der Waals surface area contributed by atoms with Crippen LogP contribution in [0.2, 0.25) is 0 Å². The van der Waals surface area contributed by atoms with E-state index in [1.54, 1.807) is 6.07 Å². The number of nitro groups is 1. The fraction of sp³-hybridized carbons (Fsp3) is 0.647. The van der Waals surface area contributed by atoms with E-state index in [1.807, 2.05) is 19.1 Å². The lowest BCUT2D eigenvalue weighted by atomic mass is 9.78. The van der Waals surface area contributed by atoms with Crippen molar-refractivity contribution in [1.29, 1.82) is 0 Å². The Labute approximate surface area is 127 Å². The predicted molar refractivity (Wildman–Crippen MR) is 86.7 cm³/mol. The van der Waals surface area contributed by atoms with Crippen molar-refractivity contribution in [3.8, 4) is 0 Å². The summed E-state index contributed by atoms with van der Waals surface area (Å²) < 4.78 is 0. The van der Waals surface area contributed by atoms with E-state index in [1.165, 1.54) is 19.3 Å². The van der Waals surface area contributed by atoms with Gasteiger partial charge in [0.25, 0.3) is 5.69 Å². The Kier molecular flexibility index (Phi) is 5.21. The number of benzene rings is 1. The third-order valence-electron chi connectivity index (χ3n) is 4.69. The Morgan fingerprint density at radius 1 is 1.33 bits per heavy atom. The van der Waals surface area contributed by atoms with Gasteiger partial charge in [0.15, 0.2) is 0 Å². The molecular formula is C17H26N2O2. The molecular weight excluding hydrogens is 264 g/mol. The van der Waals surface area contributed by atoms with E-state index in [9.17, 15) is 10.1 Å². The van der Waals surface area contributed by atoms with Gasteiger partial charge in [-0.1, -0.05) is 39.7 Å². The standard InChI is InChI=1S/C17H26N2O2/c1-4-13-9-10-14(11-17(13)19(20)21)18-16-8-6-5-7-15(16)12(2)3/h9-12,15-16,18H,4-8H2,1-3H3. The SMILES string of the molecule is CCc1ccc(NC2CCCCC2C(C)C)cc1[N+](=O)[O-]. The number of anilines is 1. The summed E-state index contributed by atoms with van der Waals surface area (Å²) in [4.78, 5) is 10.9. The molecule has 21 heavy (non-hydrogen) atoms. The van der Waals surface area contributed by atoms with Gasteiger partial charge >= 0.3 is 0 Å². The predicted octanol–water partition coefficient (Wildman–Crippen LogP) is 4.78. The number of nitro benzene ring substituents is 1. The Morgan fingerprint density at radius 3 is 2.67 bits per heavy atom. The zero-order chi connectivity index (χ0) is 15.4. The Morgan fingerprint density at radius 2 is 2.05 bits per heavy atom. The van der Waals surface area contributed by atoms with Crippen LogP contribution in [-0.4, -0.2) is 11.0 Å². The summed E-state index contributed by atoms with van der Waals surface area (Å²) in [6.07, 6.45) is 5.65. The molecule has 0 bridgehead atoms. The quantitative estimate of drug-likeness (QED) is 0.627. The summed E-state index contributed by atoms with van der Waals surface area (Å²) in [6.45, 7) is 6.49. The van der Waals surface area contributed by atoms with Crippen molar-refractivity contribution < 1.29 is 4.92 Å². The van der Waals surface area contributed by atoms with E-state index in [0.29, 0.717) is 24.3 Å². The summed E-state index contributed by atoms with van der Waals surface area (Å²) in [5.41, 5.74) is 1.92. The summed E-state index contributed by atoms with van der Waals surface area (Å²) in [5, 5.41) is 14.7. The Bertz CT molecular complexity index is 500. The molecule has 2 rings (SSSR count). The largest absolute Gasteiger partial charge is 0.382 e. The normalized spacial score (nSPS) is 22.3. The van der Waals surface area contributed by atoms with E-state index >= 15 is 0 Å². The molecule has 0 spiro atoms. The number of hydrogen-bond donors (Lipinski definition) is 1. The second-order valence-electron chi connectivity index (χ2n) is 6.40. The maximum Gasteiger partial charge on any atom is 0.274 e. The van der Waals surface area contributed by atoms with Crippen molar-refractivity contribution in [1.82, 2.24) is 0 Å². The third kappa shape index (κ3) is 3.74. The number of rotatable bonds is 5. The lowest BCUT2D eigenvalue weighted by molar-refractivity contribution is -0.385. The first kappa shape index (κ1) is 15.8. The van der Waals surface area contributed by atoms with E-state index in [4.69, 9.17) is 0 Å². The molecule has 1 aliphatic rings. The van der Waals surface area contributed by atoms with Gasteiger partial charge in [0, 0.05) is 23.4 Å². The molecule has 0 saturated heterocycles. The molecule has 4 nitrogen and oxygen atoms in total. The molecule has 0 aromatic heterocycles. The van der Waals surface area contributed by atoms with E-state index in [-0.39, 0.29) is 10.6 Å². The fourth-order valence-corrected chi connectivity index (χ4v) is 3.47. The van der Waals surface area contributed by atoms with E-state index < -0.39 is 0 Å². The zero-order valence-electron chi connectivity index (χ0n) is 13.3. The number of aryl methyl sites for hydroxylation is 1. The van der Waals surface area contributed by atoms with Crippen LogP contribution < -0.4 is 5.32 Å². The average molecular weight is 290 g/mol. The zero-order valence-corrected chi connectivity index (χ0v) is 13.3. The molecule has 0 heterocycles. The number of hydrogen-bond acceptors (Lipinski definition) is 3. The van der Waals surface area contributed by atoms with Crippen molar-refractivity contribution >= 4 is 11.4 Å². The van der Waals surface area contributed by atoms with Gasteiger partial charge in [-0.05, 0) is 37.2 Å². The maximum absolute atomic E-state index is 11.2. The molecule has 116 valence electrons. The minimum atomic E-state index is -0.273. The van der Waals surface area contributed by atoms with E-state index in [2.05, 4.69) is 19.2 Å². The smallest absolute Gasteiger partial charge is 0.274 e. The molecule has 2 unspecified atom stereocenters. The second-order valence-corrected chi connectivity index (χ2v) is 6.40. The van der Waals surface area contributed by atoms with Crippen LogP contribution >= 0.6 is 0 Å². The van der Waals surface area contributed by atoms with Gasteiger partial charge in [-0.15, -0.1) is 0 Å². The van der Waals surface area contributed by atoms with Crippen LogP contribution in [0.3, 0.4) is 0 Å². The molecule has 0 radical (unpaired) electrons. The van der Waals surface area contributed by atoms with Crippen molar-refractivity contribution in [2.45, 2.75) is 58.9 Å². The van der Waals surface area contributed by atoms with Crippen molar-refractivity contribution in [3.05, 3.63) is 33.9 Å². The summed E-state index contributed by atoms with van der Waals surface area (Å²) in [6, 6.07) is 6.00. The molecule has 0 amide bonds. The number of nitrogens with zero attached hydrogens (tertiary/aromatic N) is 1. The van der Waals surface area contributed by atoms with Crippen LogP contribution in [0, 0.1) is 22.0 Å². The minimum Gasteiger partial charge on any atom is -0.382 e. The highest BCUT2D eigenvalue weighted by Crippen LogP contribution is 2.33. The lowest BCUT2D eigenvalue weighted by Gasteiger charge is -2.35. The van der Waals surface area contributed by atoms with Crippen LogP contribution in [0.25, 0.3) is 0 Å².